The number of nitrogens with two attached hydrogens (primary N) is 1. The van der Waals surface area contributed by atoms with Crippen molar-refractivity contribution in [2.75, 3.05) is 0 Å². The van der Waals surface area contributed by atoms with Crippen LogP contribution in [0.3, 0.4) is 0 Å². The third-order valence-electron chi connectivity index (χ3n) is 3.60. The molecule has 2 unspecified atom stereocenters. The average Bonchev–Trinajstić information content (AvgIpc) is 2.31. The second-order valence-corrected chi connectivity index (χ2v) is 5.44. The molecule has 2 atom stereocenters. The molecular weight excluding hydrogens is 210 g/mol. The van der Waals surface area contributed by atoms with Crippen molar-refractivity contribution in [2.24, 2.45) is 11.7 Å². The van der Waals surface area contributed by atoms with Crippen LogP contribution in [-0.4, -0.2) is 11.3 Å². The molecule has 0 aliphatic rings. The quantitative estimate of drug-likeness (QED) is 0.398. The standard InChI is InChI=1S/C15H33NO/c1-3-4-5-6-7-8-9-10-11-12-13-14(2)15(16)17/h14-15,17H,3-13,16H2,1-2H3. The molecule has 2 heteroatoms. The molecule has 0 spiro atoms. The molecule has 104 valence electrons. The monoisotopic (exact) mass is 243 g/mol. The summed E-state index contributed by atoms with van der Waals surface area (Å²) in [5, 5.41) is 9.14. The second kappa shape index (κ2) is 12.4. The minimum atomic E-state index is -0.631. The molecule has 0 fully saturated rings. The van der Waals surface area contributed by atoms with E-state index in [1.165, 1.54) is 64.2 Å². The highest BCUT2D eigenvalue weighted by molar-refractivity contribution is 4.58. The average molecular weight is 243 g/mol. The van der Waals surface area contributed by atoms with Crippen molar-refractivity contribution in [1.82, 2.24) is 0 Å². The van der Waals surface area contributed by atoms with Gasteiger partial charge in [0.25, 0.3) is 0 Å². The summed E-state index contributed by atoms with van der Waals surface area (Å²) in [6.07, 6.45) is 14.1. The maximum Gasteiger partial charge on any atom is 0.104 e. The van der Waals surface area contributed by atoms with Gasteiger partial charge in [0.1, 0.15) is 6.23 Å². The number of aliphatic hydroxyl groups excluding tert-OH is 1. The topological polar surface area (TPSA) is 46.2 Å². The summed E-state index contributed by atoms with van der Waals surface area (Å²) in [4.78, 5) is 0. The Hall–Kier alpha value is -0.0800. The first-order valence-electron chi connectivity index (χ1n) is 7.62. The first-order chi connectivity index (χ1) is 8.18. The summed E-state index contributed by atoms with van der Waals surface area (Å²) in [5.74, 6) is 0.254. The first-order valence-corrected chi connectivity index (χ1v) is 7.62. The third kappa shape index (κ3) is 12.2. The number of hydrogen-bond donors (Lipinski definition) is 2. The van der Waals surface area contributed by atoms with Gasteiger partial charge < -0.3 is 10.8 Å². The molecule has 0 saturated heterocycles. The van der Waals surface area contributed by atoms with Gasteiger partial charge in [0, 0.05) is 0 Å². The molecule has 0 aromatic heterocycles. The third-order valence-corrected chi connectivity index (χ3v) is 3.60. The highest BCUT2D eigenvalue weighted by Gasteiger charge is 2.07. The van der Waals surface area contributed by atoms with Crippen LogP contribution in [0.5, 0.6) is 0 Å². The van der Waals surface area contributed by atoms with Crippen molar-refractivity contribution in [3.8, 4) is 0 Å². The first kappa shape index (κ1) is 16.9. The molecule has 0 amide bonds. The van der Waals surface area contributed by atoms with Crippen molar-refractivity contribution < 1.29 is 5.11 Å². The zero-order valence-electron chi connectivity index (χ0n) is 12.0. The molecule has 0 aromatic rings. The lowest BCUT2D eigenvalue weighted by molar-refractivity contribution is 0.117. The van der Waals surface area contributed by atoms with E-state index in [4.69, 9.17) is 10.8 Å². The molecule has 0 bridgehead atoms. The van der Waals surface area contributed by atoms with E-state index < -0.39 is 6.23 Å². The fraction of sp³-hybridized carbons (Fsp3) is 1.00. The number of aliphatic hydroxyl groups is 1. The van der Waals surface area contributed by atoms with Gasteiger partial charge in [0.05, 0.1) is 0 Å². The molecule has 0 aliphatic carbocycles. The molecule has 3 N–H and O–H groups in total. The summed E-state index contributed by atoms with van der Waals surface area (Å²) >= 11 is 0. The van der Waals surface area contributed by atoms with Gasteiger partial charge in [0.2, 0.25) is 0 Å². The Morgan fingerprint density at radius 2 is 1.24 bits per heavy atom. The Labute approximate surface area is 108 Å². The molecule has 0 aliphatic heterocycles. The Bertz CT molecular complexity index is 148. The van der Waals surface area contributed by atoms with Gasteiger partial charge in [-0.2, -0.15) is 0 Å². The summed E-state index contributed by atoms with van der Waals surface area (Å²) in [6, 6.07) is 0. The van der Waals surface area contributed by atoms with Gasteiger partial charge in [-0.3, -0.25) is 0 Å². The summed E-state index contributed by atoms with van der Waals surface area (Å²) in [5.41, 5.74) is 5.41. The Morgan fingerprint density at radius 1 is 0.824 bits per heavy atom. The molecule has 17 heavy (non-hydrogen) atoms. The van der Waals surface area contributed by atoms with Gasteiger partial charge in [-0.15, -0.1) is 0 Å². The van der Waals surface area contributed by atoms with E-state index in [1.54, 1.807) is 0 Å². The van der Waals surface area contributed by atoms with Gasteiger partial charge >= 0.3 is 0 Å². The van der Waals surface area contributed by atoms with E-state index in [9.17, 15) is 0 Å². The molecule has 0 rings (SSSR count). The van der Waals surface area contributed by atoms with Crippen molar-refractivity contribution in [3.05, 3.63) is 0 Å². The van der Waals surface area contributed by atoms with Crippen molar-refractivity contribution in [3.63, 3.8) is 0 Å². The largest absolute Gasteiger partial charge is 0.379 e. The summed E-state index contributed by atoms with van der Waals surface area (Å²) in [7, 11) is 0. The van der Waals surface area contributed by atoms with Crippen LogP contribution in [0.25, 0.3) is 0 Å². The Balaban J connectivity index is 3.03. The van der Waals surface area contributed by atoms with Crippen LogP contribution in [0.15, 0.2) is 0 Å². The molecule has 2 nitrogen and oxygen atoms in total. The van der Waals surface area contributed by atoms with E-state index in [-0.39, 0.29) is 5.92 Å². The lowest BCUT2D eigenvalue weighted by Crippen LogP contribution is -2.27. The second-order valence-electron chi connectivity index (χ2n) is 5.44. The van der Waals surface area contributed by atoms with Crippen molar-refractivity contribution in [1.29, 1.82) is 0 Å². The van der Waals surface area contributed by atoms with E-state index in [1.807, 2.05) is 6.92 Å². The van der Waals surface area contributed by atoms with Gasteiger partial charge in [0.15, 0.2) is 0 Å². The number of unbranched alkanes of at least 4 members (excludes halogenated alkanes) is 9. The zero-order valence-corrected chi connectivity index (χ0v) is 12.0. The Morgan fingerprint density at radius 3 is 1.65 bits per heavy atom. The fourth-order valence-electron chi connectivity index (χ4n) is 2.12. The predicted molar refractivity (Wildman–Crippen MR) is 75.8 cm³/mol. The number of hydrogen-bond acceptors (Lipinski definition) is 2. The molecule has 0 aromatic carbocycles. The zero-order chi connectivity index (χ0) is 12.9. The molecule has 0 saturated carbocycles. The van der Waals surface area contributed by atoms with Crippen LogP contribution in [-0.2, 0) is 0 Å². The van der Waals surface area contributed by atoms with E-state index >= 15 is 0 Å². The van der Waals surface area contributed by atoms with Crippen molar-refractivity contribution >= 4 is 0 Å². The van der Waals surface area contributed by atoms with E-state index in [0.29, 0.717) is 0 Å². The smallest absolute Gasteiger partial charge is 0.104 e. The van der Waals surface area contributed by atoms with Crippen LogP contribution >= 0.6 is 0 Å². The van der Waals surface area contributed by atoms with Crippen LogP contribution in [0.1, 0.15) is 84.5 Å². The SMILES string of the molecule is CCCCCCCCCCCCC(C)C(N)O. The lowest BCUT2D eigenvalue weighted by Gasteiger charge is -2.13. The minimum Gasteiger partial charge on any atom is -0.379 e. The maximum atomic E-state index is 9.14. The van der Waals surface area contributed by atoms with Gasteiger partial charge in [-0.1, -0.05) is 78.1 Å². The van der Waals surface area contributed by atoms with Gasteiger partial charge in [-0.25, -0.2) is 0 Å². The lowest BCUT2D eigenvalue weighted by atomic mass is 10.0. The van der Waals surface area contributed by atoms with E-state index in [2.05, 4.69) is 6.92 Å². The molecule has 0 heterocycles. The van der Waals surface area contributed by atoms with Crippen LogP contribution in [0.2, 0.25) is 0 Å². The normalized spacial score (nSPS) is 14.8. The molecular formula is C15H33NO. The summed E-state index contributed by atoms with van der Waals surface area (Å²) in [6.45, 7) is 4.29. The maximum absolute atomic E-state index is 9.14. The number of rotatable bonds is 12. The van der Waals surface area contributed by atoms with E-state index in [0.717, 1.165) is 6.42 Å². The highest BCUT2D eigenvalue weighted by Crippen LogP contribution is 2.14. The van der Waals surface area contributed by atoms with Crippen LogP contribution in [0, 0.1) is 5.92 Å². The van der Waals surface area contributed by atoms with Crippen LogP contribution in [0.4, 0.5) is 0 Å². The fourth-order valence-corrected chi connectivity index (χ4v) is 2.12. The highest BCUT2D eigenvalue weighted by atomic mass is 16.3. The minimum absolute atomic E-state index is 0.254. The summed E-state index contributed by atoms with van der Waals surface area (Å²) < 4.78 is 0. The van der Waals surface area contributed by atoms with Crippen LogP contribution < -0.4 is 5.73 Å². The predicted octanol–water partition coefficient (Wildman–Crippen LogP) is 4.21. The molecule has 0 radical (unpaired) electrons. The Kier molecular flexibility index (Phi) is 12.3. The van der Waals surface area contributed by atoms with Crippen molar-refractivity contribution in [2.45, 2.75) is 90.7 Å². The van der Waals surface area contributed by atoms with Gasteiger partial charge in [-0.05, 0) is 12.3 Å².